The Balaban J connectivity index is 1.61. The van der Waals surface area contributed by atoms with E-state index in [1.54, 1.807) is 0 Å². The van der Waals surface area contributed by atoms with E-state index >= 15 is 0 Å². The number of aliphatic hydroxyl groups excluding tert-OH is 1. The van der Waals surface area contributed by atoms with E-state index in [1.165, 1.54) is 51.6 Å². The van der Waals surface area contributed by atoms with E-state index < -0.39 is 0 Å². The number of hydrogen-bond donors (Lipinski definition) is 2. The van der Waals surface area contributed by atoms with Crippen LogP contribution < -0.4 is 5.32 Å². The molecule has 106 valence electrons. The third kappa shape index (κ3) is 4.22. The lowest BCUT2D eigenvalue weighted by molar-refractivity contribution is 0.125. The third-order valence-corrected chi connectivity index (χ3v) is 4.63. The van der Waals surface area contributed by atoms with Crippen LogP contribution in [0.4, 0.5) is 0 Å². The molecular formula is C15H30N2O. The molecule has 1 atom stereocenters. The van der Waals surface area contributed by atoms with Crippen molar-refractivity contribution in [3.05, 3.63) is 0 Å². The Morgan fingerprint density at radius 2 is 1.83 bits per heavy atom. The molecule has 3 heteroatoms. The molecule has 1 heterocycles. The first-order valence-corrected chi connectivity index (χ1v) is 7.95. The lowest BCUT2D eigenvalue weighted by Gasteiger charge is -2.36. The van der Waals surface area contributed by atoms with Crippen LogP contribution in [0.15, 0.2) is 0 Å². The first-order valence-electron chi connectivity index (χ1n) is 7.95. The maximum Gasteiger partial charge on any atom is 0.0664 e. The maximum absolute atomic E-state index is 9.73. The van der Waals surface area contributed by atoms with E-state index in [1.807, 2.05) is 0 Å². The summed E-state index contributed by atoms with van der Waals surface area (Å²) in [6.45, 7) is 5.42. The van der Waals surface area contributed by atoms with Crippen molar-refractivity contribution < 1.29 is 5.11 Å². The molecule has 0 aromatic heterocycles. The Bertz CT molecular complexity index is 221. The van der Waals surface area contributed by atoms with E-state index in [9.17, 15) is 5.11 Å². The monoisotopic (exact) mass is 254 g/mol. The van der Waals surface area contributed by atoms with Crippen LogP contribution in [-0.4, -0.2) is 47.8 Å². The fraction of sp³-hybridized carbons (Fsp3) is 1.00. The molecule has 2 fully saturated rings. The van der Waals surface area contributed by atoms with Crippen LogP contribution in [-0.2, 0) is 0 Å². The number of nitrogens with zero attached hydrogens (tertiary/aromatic N) is 1. The lowest BCUT2D eigenvalue weighted by Crippen LogP contribution is -2.47. The molecule has 1 unspecified atom stereocenters. The third-order valence-electron chi connectivity index (χ3n) is 4.63. The molecule has 1 saturated heterocycles. The molecule has 18 heavy (non-hydrogen) atoms. The molecular weight excluding hydrogens is 224 g/mol. The van der Waals surface area contributed by atoms with Gasteiger partial charge in [0.1, 0.15) is 0 Å². The van der Waals surface area contributed by atoms with Gasteiger partial charge in [0.05, 0.1) is 6.10 Å². The van der Waals surface area contributed by atoms with Gasteiger partial charge in [0.2, 0.25) is 0 Å². The Kier molecular flexibility index (Phi) is 5.93. The second-order valence-electron chi connectivity index (χ2n) is 6.10. The molecule has 2 aliphatic rings. The van der Waals surface area contributed by atoms with Crippen molar-refractivity contribution >= 4 is 0 Å². The second kappa shape index (κ2) is 7.46. The molecule has 0 bridgehead atoms. The van der Waals surface area contributed by atoms with Crippen LogP contribution >= 0.6 is 0 Å². The van der Waals surface area contributed by atoms with E-state index in [-0.39, 0.29) is 6.10 Å². The molecule has 2 rings (SSSR count). The molecule has 0 aromatic carbocycles. The number of hydrogen-bond acceptors (Lipinski definition) is 3. The van der Waals surface area contributed by atoms with E-state index in [2.05, 4.69) is 17.1 Å². The van der Waals surface area contributed by atoms with Crippen molar-refractivity contribution in [3.8, 4) is 0 Å². The summed E-state index contributed by atoms with van der Waals surface area (Å²) in [7, 11) is 0. The zero-order valence-corrected chi connectivity index (χ0v) is 11.9. The van der Waals surface area contributed by atoms with Crippen molar-refractivity contribution in [1.29, 1.82) is 0 Å². The Morgan fingerprint density at radius 3 is 2.44 bits per heavy atom. The van der Waals surface area contributed by atoms with Crippen molar-refractivity contribution in [1.82, 2.24) is 10.2 Å². The van der Waals surface area contributed by atoms with Gasteiger partial charge in [-0.2, -0.15) is 0 Å². The summed E-state index contributed by atoms with van der Waals surface area (Å²) in [4.78, 5) is 2.70. The number of aliphatic hydroxyl groups is 1. The Hall–Kier alpha value is -0.120. The number of likely N-dealkylation sites (tertiary alicyclic amines) is 1. The zero-order valence-electron chi connectivity index (χ0n) is 11.9. The van der Waals surface area contributed by atoms with Crippen LogP contribution in [0.5, 0.6) is 0 Å². The molecule has 0 amide bonds. The van der Waals surface area contributed by atoms with Gasteiger partial charge in [-0.25, -0.2) is 0 Å². The zero-order chi connectivity index (χ0) is 12.8. The minimum absolute atomic E-state index is 0.150. The van der Waals surface area contributed by atoms with Crippen LogP contribution in [0.25, 0.3) is 0 Å². The molecule has 2 N–H and O–H groups in total. The predicted octanol–water partition coefficient (Wildman–Crippen LogP) is 2.14. The molecule has 0 radical (unpaired) electrons. The fourth-order valence-corrected chi connectivity index (χ4v) is 3.48. The van der Waals surface area contributed by atoms with Gasteiger partial charge in [0, 0.05) is 18.6 Å². The molecule has 0 aromatic rings. The fourth-order valence-electron chi connectivity index (χ4n) is 3.48. The molecule has 1 aliphatic carbocycles. The van der Waals surface area contributed by atoms with Gasteiger partial charge >= 0.3 is 0 Å². The van der Waals surface area contributed by atoms with Gasteiger partial charge in [-0.1, -0.05) is 26.2 Å². The number of rotatable bonds is 6. The van der Waals surface area contributed by atoms with Gasteiger partial charge in [-0.3, -0.25) is 0 Å². The van der Waals surface area contributed by atoms with Crippen LogP contribution in [0.3, 0.4) is 0 Å². The average molecular weight is 254 g/mol. The summed E-state index contributed by atoms with van der Waals surface area (Å²) in [5.41, 5.74) is 0. The summed E-state index contributed by atoms with van der Waals surface area (Å²) in [6, 6.07) is 1.52. The number of nitrogens with one attached hydrogen (secondary N) is 1. The van der Waals surface area contributed by atoms with Gasteiger partial charge in [-0.05, 0) is 45.2 Å². The first-order chi connectivity index (χ1) is 8.79. The highest BCUT2D eigenvalue weighted by molar-refractivity contribution is 4.84. The Labute approximate surface area is 112 Å². The predicted molar refractivity (Wildman–Crippen MR) is 75.8 cm³/mol. The normalized spacial score (nSPS) is 25.7. The standard InChI is InChI=1S/C15H30N2O/c1-2-5-15(18)12-16-13-8-10-17(11-9-13)14-6-3-4-7-14/h13-16,18H,2-12H2,1H3. The smallest absolute Gasteiger partial charge is 0.0664 e. The van der Waals surface area contributed by atoms with E-state index in [0.29, 0.717) is 6.04 Å². The lowest BCUT2D eigenvalue weighted by atomic mass is 10.0. The van der Waals surface area contributed by atoms with Gasteiger partial charge in [0.15, 0.2) is 0 Å². The summed E-state index contributed by atoms with van der Waals surface area (Å²) < 4.78 is 0. The van der Waals surface area contributed by atoms with E-state index in [4.69, 9.17) is 0 Å². The van der Waals surface area contributed by atoms with Crippen LogP contribution in [0, 0.1) is 0 Å². The highest BCUT2D eigenvalue weighted by atomic mass is 16.3. The van der Waals surface area contributed by atoms with Gasteiger partial charge in [-0.15, -0.1) is 0 Å². The minimum atomic E-state index is -0.150. The van der Waals surface area contributed by atoms with Gasteiger partial charge in [0.25, 0.3) is 0 Å². The van der Waals surface area contributed by atoms with Crippen LogP contribution in [0.2, 0.25) is 0 Å². The van der Waals surface area contributed by atoms with Crippen molar-refractivity contribution in [2.24, 2.45) is 0 Å². The molecule has 3 nitrogen and oxygen atoms in total. The summed E-state index contributed by atoms with van der Waals surface area (Å²) in [5, 5.41) is 13.3. The van der Waals surface area contributed by atoms with Gasteiger partial charge < -0.3 is 15.3 Å². The minimum Gasteiger partial charge on any atom is -0.392 e. The number of piperidine rings is 1. The SMILES string of the molecule is CCCC(O)CNC1CCN(C2CCCC2)CC1. The Morgan fingerprint density at radius 1 is 1.17 bits per heavy atom. The maximum atomic E-state index is 9.73. The first kappa shape index (κ1) is 14.3. The summed E-state index contributed by atoms with van der Waals surface area (Å²) >= 11 is 0. The van der Waals surface area contributed by atoms with Crippen LogP contribution in [0.1, 0.15) is 58.3 Å². The quantitative estimate of drug-likeness (QED) is 0.762. The van der Waals surface area contributed by atoms with Crippen molar-refractivity contribution in [2.45, 2.75) is 76.5 Å². The van der Waals surface area contributed by atoms with Crippen molar-refractivity contribution in [3.63, 3.8) is 0 Å². The topological polar surface area (TPSA) is 35.5 Å². The van der Waals surface area contributed by atoms with Crippen molar-refractivity contribution in [2.75, 3.05) is 19.6 Å². The molecule has 1 saturated carbocycles. The highest BCUT2D eigenvalue weighted by Crippen LogP contribution is 2.26. The second-order valence-corrected chi connectivity index (χ2v) is 6.10. The van der Waals surface area contributed by atoms with E-state index in [0.717, 1.165) is 25.4 Å². The molecule has 0 spiro atoms. The molecule has 1 aliphatic heterocycles. The summed E-state index contributed by atoms with van der Waals surface area (Å²) in [6.07, 6.45) is 10.1. The summed E-state index contributed by atoms with van der Waals surface area (Å²) in [5.74, 6) is 0. The highest BCUT2D eigenvalue weighted by Gasteiger charge is 2.26. The average Bonchev–Trinajstić information content (AvgIpc) is 2.91. The largest absolute Gasteiger partial charge is 0.392 e.